The summed E-state index contributed by atoms with van der Waals surface area (Å²) < 4.78 is 0. The molecule has 1 rings (SSSR count). The summed E-state index contributed by atoms with van der Waals surface area (Å²) in [7, 11) is 1.42. The molecule has 1 atom stereocenters. The summed E-state index contributed by atoms with van der Waals surface area (Å²) in [6, 6.07) is 0. The molecule has 0 unspecified atom stereocenters. The van der Waals surface area contributed by atoms with E-state index in [0.717, 1.165) is 0 Å². The topological polar surface area (TPSA) is 58.9 Å². The number of rotatable bonds is 2. The molecule has 0 spiro atoms. The first-order chi connectivity index (χ1) is 5.01. The van der Waals surface area contributed by atoms with Gasteiger partial charge in [-0.1, -0.05) is 19.0 Å². The predicted molar refractivity (Wildman–Crippen MR) is 39.4 cm³/mol. The minimum atomic E-state index is -0.828. The first-order valence-corrected chi connectivity index (χ1v) is 3.36. The van der Waals surface area contributed by atoms with Gasteiger partial charge < -0.3 is 9.94 Å². The highest BCUT2D eigenvalue weighted by molar-refractivity contribution is 6.19. The Hall–Kier alpha value is -1.06. The maximum atomic E-state index is 10.5. The third kappa shape index (κ3) is 1.08. The smallest absolute Gasteiger partial charge is 0.313 e. The maximum absolute atomic E-state index is 10.5. The Bertz CT molecular complexity index is 220. The van der Waals surface area contributed by atoms with E-state index >= 15 is 0 Å². The van der Waals surface area contributed by atoms with Crippen LogP contribution in [0.15, 0.2) is 5.16 Å². The fourth-order valence-corrected chi connectivity index (χ4v) is 1.22. The van der Waals surface area contributed by atoms with Crippen LogP contribution in [-0.4, -0.2) is 23.9 Å². The second kappa shape index (κ2) is 2.22. The predicted octanol–water partition coefficient (Wildman–Crippen LogP) is 0.729. The summed E-state index contributed by atoms with van der Waals surface area (Å²) in [4.78, 5) is 15.0. The van der Waals surface area contributed by atoms with Crippen molar-refractivity contribution >= 4 is 11.7 Å². The Morgan fingerprint density at radius 1 is 1.73 bits per heavy atom. The molecule has 0 bridgehead atoms. The van der Waals surface area contributed by atoms with Crippen molar-refractivity contribution in [1.82, 2.24) is 0 Å². The number of carboxylic acids is 1. The van der Waals surface area contributed by atoms with Crippen molar-refractivity contribution in [1.29, 1.82) is 0 Å². The van der Waals surface area contributed by atoms with Crippen LogP contribution in [0, 0.1) is 11.3 Å². The standard InChI is InChI=1S/C7H11NO3/c1-7(2)4(6(9)10)5(7)8-11-3/h4H,1-3H3,(H,9,10)/b8-5+/t4-/m1/s1. The first-order valence-electron chi connectivity index (χ1n) is 3.36. The molecule has 0 aromatic heterocycles. The Balaban J connectivity index is 2.76. The molecule has 0 radical (unpaired) electrons. The van der Waals surface area contributed by atoms with Crippen LogP contribution >= 0.6 is 0 Å². The summed E-state index contributed by atoms with van der Waals surface area (Å²) in [5.74, 6) is -1.28. The summed E-state index contributed by atoms with van der Waals surface area (Å²) in [6.45, 7) is 3.67. The Labute approximate surface area is 64.8 Å². The van der Waals surface area contributed by atoms with Crippen molar-refractivity contribution < 1.29 is 14.7 Å². The number of aliphatic carboxylic acids is 1. The van der Waals surface area contributed by atoms with Crippen LogP contribution in [0.2, 0.25) is 0 Å². The van der Waals surface area contributed by atoms with Gasteiger partial charge in [0.1, 0.15) is 13.0 Å². The van der Waals surface area contributed by atoms with Gasteiger partial charge in [-0.25, -0.2) is 0 Å². The lowest BCUT2D eigenvalue weighted by Gasteiger charge is -1.92. The molecule has 0 saturated heterocycles. The molecule has 0 aliphatic heterocycles. The fourth-order valence-electron chi connectivity index (χ4n) is 1.22. The van der Waals surface area contributed by atoms with Gasteiger partial charge in [-0.3, -0.25) is 4.79 Å². The summed E-state index contributed by atoms with van der Waals surface area (Å²) in [5.41, 5.74) is 0.300. The van der Waals surface area contributed by atoms with Crippen molar-refractivity contribution in [3.05, 3.63) is 0 Å². The molecule has 1 fully saturated rings. The van der Waals surface area contributed by atoms with Crippen molar-refractivity contribution in [3.63, 3.8) is 0 Å². The van der Waals surface area contributed by atoms with Crippen molar-refractivity contribution in [2.45, 2.75) is 13.8 Å². The largest absolute Gasteiger partial charge is 0.481 e. The zero-order valence-corrected chi connectivity index (χ0v) is 6.79. The average molecular weight is 157 g/mol. The van der Waals surface area contributed by atoms with Crippen LogP contribution in [0.25, 0.3) is 0 Å². The van der Waals surface area contributed by atoms with Crippen LogP contribution in [0.1, 0.15) is 13.8 Å². The Kier molecular flexibility index (Phi) is 1.62. The van der Waals surface area contributed by atoms with E-state index in [2.05, 4.69) is 9.99 Å². The highest BCUT2D eigenvalue weighted by Crippen LogP contribution is 2.48. The molecule has 0 amide bonds. The molecule has 1 aliphatic rings. The van der Waals surface area contributed by atoms with E-state index in [1.807, 2.05) is 13.8 Å². The maximum Gasteiger partial charge on any atom is 0.313 e. The minimum absolute atomic E-state index is 0.318. The second-order valence-electron chi connectivity index (χ2n) is 3.15. The number of hydrogen-bond acceptors (Lipinski definition) is 3. The molecular weight excluding hydrogens is 146 g/mol. The zero-order valence-electron chi connectivity index (χ0n) is 6.79. The second-order valence-corrected chi connectivity index (χ2v) is 3.15. The number of hydrogen-bond donors (Lipinski definition) is 1. The normalized spacial score (nSPS) is 30.1. The van der Waals surface area contributed by atoms with Crippen LogP contribution < -0.4 is 0 Å². The third-order valence-electron chi connectivity index (χ3n) is 2.01. The lowest BCUT2D eigenvalue weighted by atomic mass is 10.1. The quantitative estimate of drug-likeness (QED) is 0.601. The van der Waals surface area contributed by atoms with Gasteiger partial charge in [0.05, 0.1) is 5.71 Å². The molecule has 4 heteroatoms. The summed E-state index contributed by atoms with van der Waals surface area (Å²) in [6.07, 6.45) is 0. The molecule has 0 aromatic rings. The number of oxime groups is 1. The highest BCUT2D eigenvalue weighted by atomic mass is 16.6. The molecule has 4 nitrogen and oxygen atoms in total. The van der Waals surface area contributed by atoms with E-state index < -0.39 is 11.9 Å². The Morgan fingerprint density at radius 3 is 2.55 bits per heavy atom. The molecule has 1 N–H and O–H groups in total. The van der Waals surface area contributed by atoms with E-state index in [9.17, 15) is 4.79 Å². The van der Waals surface area contributed by atoms with E-state index in [0.29, 0.717) is 5.71 Å². The van der Waals surface area contributed by atoms with Gasteiger partial charge in [-0.05, 0) is 0 Å². The van der Waals surface area contributed by atoms with Crippen LogP contribution in [-0.2, 0) is 9.63 Å². The SMILES string of the molecule is CO/N=C1\[C@H](C(=O)O)C1(C)C. The highest BCUT2D eigenvalue weighted by Gasteiger charge is 2.60. The van der Waals surface area contributed by atoms with Gasteiger partial charge in [0.15, 0.2) is 0 Å². The molecular formula is C7H11NO3. The van der Waals surface area contributed by atoms with Crippen molar-refractivity contribution in [3.8, 4) is 0 Å². The number of nitrogens with zero attached hydrogens (tertiary/aromatic N) is 1. The van der Waals surface area contributed by atoms with E-state index in [4.69, 9.17) is 5.11 Å². The van der Waals surface area contributed by atoms with Gasteiger partial charge in [-0.15, -0.1) is 0 Å². The monoisotopic (exact) mass is 157 g/mol. The first kappa shape index (κ1) is 8.04. The summed E-state index contributed by atoms with van der Waals surface area (Å²) >= 11 is 0. The van der Waals surface area contributed by atoms with E-state index in [1.54, 1.807) is 0 Å². The minimum Gasteiger partial charge on any atom is -0.481 e. The lowest BCUT2D eigenvalue weighted by Crippen LogP contribution is -2.03. The average Bonchev–Trinajstić information content (AvgIpc) is 2.35. The van der Waals surface area contributed by atoms with E-state index in [-0.39, 0.29) is 5.41 Å². The summed E-state index contributed by atoms with van der Waals surface area (Å²) in [5, 5.41) is 12.3. The van der Waals surface area contributed by atoms with Gasteiger partial charge in [-0.2, -0.15) is 0 Å². The van der Waals surface area contributed by atoms with Crippen molar-refractivity contribution in [2.75, 3.05) is 7.11 Å². The molecule has 1 aliphatic carbocycles. The molecule has 0 aromatic carbocycles. The van der Waals surface area contributed by atoms with Gasteiger partial charge in [0.25, 0.3) is 0 Å². The lowest BCUT2D eigenvalue weighted by molar-refractivity contribution is -0.138. The molecule has 62 valence electrons. The zero-order chi connectivity index (χ0) is 8.65. The molecule has 0 heterocycles. The van der Waals surface area contributed by atoms with Gasteiger partial charge in [0, 0.05) is 5.41 Å². The third-order valence-corrected chi connectivity index (χ3v) is 2.01. The van der Waals surface area contributed by atoms with Crippen LogP contribution in [0.4, 0.5) is 0 Å². The van der Waals surface area contributed by atoms with E-state index in [1.165, 1.54) is 7.11 Å². The molecule has 1 saturated carbocycles. The number of carbonyl (C=O) groups is 1. The fraction of sp³-hybridized carbons (Fsp3) is 0.714. The number of carboxylic acid groups (broad SMARTS) is 1. The van der Waals surface area contributed by atoms with Crippen molar-refractivity contribution in [2.24, 2.45) is 16.5 Å². The van der Waals surface area contributed by atoms with Crippen LogP contribution in [0.3, 0.4) is 0 Å². The van der Waals surface area contributed by atoms with Gasteiger partial charge >= 0.3 is 5.97 Å². The van der Waals surface area contributed by atoms with Crippen LogP contribution in [0.5, 0.6) is 0 Å². The van der Waals surface area contributed by atoms with Gasteiger partial charge in [0.2, 0.25) is 0 Å². The Morgan fingerprint density at radius 2 is 2.27 bits per heavy atom. The molecule has 11 heavy (non-hydrogen) atoms.